The lowest BCUT2D eigenvalue weighted by Crippen LogP contribution is -2.18. The van der Waals surface area contributed by atoms with Crippen molar-refractivity contribution in [1.29, 1.82) is 0 Å². The van der Waals surface area contributed by atoms with Gasteiger partial charge in [0, 0.05) is 12.0 Å². The van der Waals surface area contributed by atoms with Gasteiger partial charge < -0.3 is 19.9 Å². The summed E-state index contributed by atoms with van der Waals surface area (Å²) in [6, 6.07) is 6.42. The number of carboxylic acids is 1. The molecule has 0 bridgehead atoms. The third kappa shape index (κ3) is 3.75. The van der Waals surface area contributed by atoms with Crippen molar-refractivity contribution in [3.63, 3.8) is 0 Å². The highest BCUT2D eigenvalue weighted by molar-refractivity contribution is 5.87. The minimum absolute atomic E-state index is 0.206. The van der Waals surface area contributed by atoms with Crippen LogP contribution in [0.25, 0.3) is 0 Å². The molecule has 3 rings (SSSR count). The lowest BCUT2D eigenvalue weighted by atomic mass is 10.1. The van der Waals surface area contributed by atoms with Crippen LogP contribution in [0.5, 0.6) is 5.75 Å². The normalized spacial score (nSPS) is 13.2. The van der Waals surface area contributed by atoms with Crippen LogP contribution >= 0.6 is 0 Å². The summed E-state index contributed by atoms with van der Waals surface area (Å²) in [7, 11) is 0. The lowest BCUT2D eigenvalue weighted by Gasteiger charge is -2.18. The fourth-order valence-corrected chi connectivity index (χ4v) is 2.37. The highest BCUT2D eigenvalue weighted by Gasteiger charge is 2.15. The van der Waals surface area contributed by atoms with E-state index in [2.05, 4.69) is 15.3 Å². The molecule has 23 heavy (non-hydrogen) atoms. The number of aromatic nitrogens is 2. The summed E-state index contributed by atoms with van der Waals surface area (Å²) in [6.45, 7) is 2.13. The first-order valence-corrected chi connectivity index (χ1v) is 7.34. The van der Waals surface area contributed by atoms with E-state index >= 15 is 0 Å². The number of rotatable bonds is 6. The molecule has 0 unspecified atom stereocenters. The summed E-state index contributed by atoms with van der Waals surface area (Å²) in [5.41, 5.74) is 2.22. The highest BCUT2D eigenvalue weighted by Crippen LogP contribution is 2.20. The van der Waals surface area contributed by atoms with Gasteiger partial charge >= 0.3 is 5.97 Å². The number of nitrogens with one attached hydrogen (secondary N) is 1. The van der Waals surface area contributed by atoms with E-state index in [1.165, 1.54) is 12.1 Å². The van der Waals surface area contributed by atoms with Gasteiger partial charge in [-0.15, -0.1) is 0 Å². The minimum atomic E-state index is -0.971. The van der Waals surface area contributed by atoms with Crippen molar-refractivity contribution in [3.8, 4) is 5.75 Å². The zero-order chi connectivity index (χ0) is 16.1. The van der Waals surface area contributed by atoms with Crippen LogP contribution in [-0.2, 0) is 17.8 Å². The van der Waals surface area contributed by atoms with Crippen molar-refractivity contribution in [2.45, 2.75) is 13.0 Å². The molecule has 7 heteroatoms. The van der Waals surface area contributed by atoms with E-state index in [0.29, 0.717) is 32.1 Å². The molecule has 1 aliphatic rings. The van der Waals surface area contributed by atoms with E-state index in [0.717, 1.165) is 23.5 Å². The molecule has 0 saturated heterocycles. The SMILES string of the molecule is O=C(O)c1cccc(OCCNc2ncnc3c2COCC3)c1. The molecule has 0 fully saturated rings. The Hall–Kier alpha value is -2.67. The molecule has 0 radical (unpaired) electrons. The first kappa shape index (κ1) is 15.2. The largest absolute Gasteiger partial charge is 0.492 e. The van der Waals surface area contributed by atoms with Gasteiger partial charge in [-0.05, 0) is 18.2 Å². The second-order valence-electron chi connectivity index (χ2n) is 5.06. The lowest BCUT2D eigenvalue weighted by molar-refractivity contribution is 0.0696. The Kier molecular flexibility index (Phi) is 4.68. The second kappa shape index (κ2) is 7.06. The van der Waals surface area contributed by atoms with Crippen LogP contribution in [0.3, 0.4) is 0 Å². The maximum absolute atomic E-state index is 10.9. The second-order valence-corrected chi connectivity index (χ2v) is 5.06. The first-order valence-electron chi connectivity index (χ1n) is 7.34. The number of carbonyl (C=O) groups is 1. The topological polar surface area (TPSA) is 93.6 Å². The van der Waals surface area contributed by atoms with Gasteiger partial charge in [-0.1, -0.05) is 6.07 Å². The summed E-state index contributed by atoms with van der Waals surface area (Å²) in [5, 5.41) is 12.2. The fourth-order valence-electron chi connectivity index (χ4n) is 2.37. The molecular formula is C16H17N3O4. The van der Waals surface area contributed by atoms with Gasteiger partial charge in [0.2, 0.25) is 0 Å². The van der Waals surface area contributed by atoms with Crippen molar-refractivity contribution in [2.75, 3.05) is 25.1 Å². The number of hydrogen-bond acceptors (Lipinski definition) is 6. The Bertz CT molecular complexity index is 705. The number of nitrogens with zero attached hydrogens (tertiary/aromatic N) is 2. The Morgan fingerprint density at radius 3 is 3.17 bits per heavy atom. The number of fused-ring (bicyclic) bond motifs is 1. The molecule has 120 valence electrons. The minimum Gasteiger partial charge on any atom is -0.492 e. The van der Waals surface area contributed by atoms with Crippen LogP contribution in [0, 0.1) is 0 Å². The van der Waals surface area contributed by atoms with Crippen molar-refractivity contribution in [3.05, 3.63) is 47.4 Å². The first-order chi connectivity index (χ1) is 11.2. The smallest absolute Gasteiger partial charge is 0.335 e. The van der Waals surface area contributed by atoms with Crippen molar-refractivity contribution >= 4 is 11.8 Å². The van der Waals surface area contributed by atoms with Gasteiger partial charge in [-0.3, -0.25) is 0 Å². The van der Waals surface area contributed by atoms with E-state index in [4.69, 9.17) is 14.6 Å². The fraction of sp³-hybridized carbons (Fsp3) is 0.312. The molecule has 2 heterocycles. The molecule has 0 amide bonds. The van der Waals surface area contributed by atoms with Crippen LogP contribution in [-0.4, -0.2) is 40.8 Å². The van der Waals surface area contributed by atoms with Gasteiger partial charge in [-0.25, -0.2) is 14.8 Å². The number of aromatic carboxylic acids is 1. The van der Waals surface area contributed by atoms with Crippen LogP contribution in [0.1, 0.15) is 21.6 Å². The van der Waals surface area contributed by atoms with Gasteiger partial charge in [0.15, 0.2) is 0 Å². The van der Waals surface area contributed by atoms with Gasteiger partial charge in [0.25, 0.3) is 0 Å². The molecule has 0 aliphatic carbocycles. The van der Waals surface area contributed by atoms with Crippen LogP contribution in [0.2, 0.25) is 0 Å². The van der Waals surface area contributed by atoms with Crippen molar-refractivity contribution in [1.82, 2.24) is 9.97 Å². The number of ether oxygens (including phenoxy) is 2. The molecular weight excluding hydrogens is 298 g/mol. The third-order valence-corrected chi connectivity index (χ3v) is 3.51. The quantitative estimate of drug-likeness (QED) is 0.784. The van der Waals surface area contributed by atoms with Crippen LogP contribution in [0.15, 0.2) is 30.6 Å². The summed E-state index contributed by atoms with van der Waals surface area (Å²) in [5.74, 6) is 0.318. The zero-order valence-electron chi connectivity index (χ0n) is 12.5. The maximum Gasteiger partial charge on any atom is 0.335 e. The Labute approximate surface area is 133 Å². The summed E-state index contributed by atoms with van der Waals surface area (Å²) < 4.78 is 11.0. The Morgan fingerprint density at radius 2 is 2.30 bits per heavy atom. The Morgan fingerprint density at radius 1 is 1.39 bits per heavy atom. The molecule has 1 aliphatic heterocycles. The van der Waals surface area contributed by atoms with Crippen LogP contribution in [0.4, 0.5) is 5.82 Å². The van der Waals surface area contributed by atoms with E-state index in [1.54, 1.807) is 18.5 Å². The molecule has 0 atom stereocenters. The van der Waals surface area contributed by atoms with Gasteiger partial charge in [-0.2, -0.15) is 0 Å². The van der Waals surface area contributed by atoms with Gasteiger partial charge in [0.1, 0.15) is 24.5 Å². The van der Waals surface area contributed by atoms with E-state index in [1.807, 2.05) is 0 Å². The molecule has 7 nitrogen and oxygen atoms in total. The van der Waals surface area contributed by atoms with E-state index in [-0.39, 0.29) is 5.56 Å². The number of anilines is 1. The van der Waals surface area contributed by atoms with E-state index in [9.17, 15) is 4.79 Å². The average Bonchev–Trinajstić information content (AvgIpc) is 2.59. The van der Waals surface area contributed by atoms with Crippen LogP contribution < -0.4 is 10.1 Å². The monoisotopic (exact) mass is 315 g/mol. The van der Waals surface area contributed by atoms with Crippen molar-refractivity contribution < 1.29 is 19.4 Å². The number of carboxylic acid groups (broad SMARTS) is 1. The summed E-state index contributed by atoms with van der Waals surface area (Å²) in [6.07, 6.45) is 2.34. The molecule has 1 aromatic carbocycles. The van der Waals surface area contributed by atoms with E-state index < -0.39 is 5.97 Å². The van der Waals surface area contributed by atoms with Gasteiger partial charge in [0.05, 0.1) is 31.0 Å². The molecule has 1 aromatic heterocycles. The third-order valence-electron chi connectivity index (χ3n) is 3.51. The Balaban J connectivity index is 1.54. The zero-order valence-corrected chi connectivity index (χ0v) is 12.5. The summed E-state index contributed by atoms with van der Waals surface area (Å²) in [4.78, 5) is 19.4. The predicted molar refractivity (Wildman–Crippen MR) is 82.8 cm³/mol. The molecule has 0 saturated carbocycles. The molecule has 2 N–H and O–H groups in total. The number of hydrogen-bond donors (Lipinski definition) is 2. The molecule has 0 spiro atoms. The average molecular weight is 315 g/mol. The predicted octanol–water partition coefficient (Wildman–Crippen LogP) is 1.74. The standard InChI is InChI=1S/C16H17N3O4/c20-16(21)11-2-1-3-12(8-11)23-7-5-17-15-13-9-22-6-4-14(13)18-10-19-15/h1-3,8,10H,4-7,9H2,(H,20,21)(H,17,18,19). The highest BCUT2D eigenvalue weighted by atomic mass is 16.5. The van der Waals surface area contributed by atoms with Crippen molar-refractivity contribution in [2.24, 2.45) is 0 Å². The summed E-state index contributed by atoms with van der Waals surface area (Å²) >= 11 is 0. The maximum atomic E-state index is 10.9. The molecule has 2 aromatic rings. The number of benzene rings is 1.